The van der Waals surface area contributed by atoms with Crippen molar-refractivity contribution in [3.05, 3.63) is 47.8 Å². The average molecular weight is 314 g/mol. The normalized spacial score (nSPS) is 11.2. The summed E-state index contributed by atoms with van der Waals surface area (Å²) in [6.07, 6.45) is 0. The molecular formula is C13H12F2N2O3S. The van der Waals surface area contributed by atoms with Crippen LogP contribution in [0.5, 0.6) is 5.75 Å². The molecule has 2 rings (SSSR count). The minimum atomic E-state index is -4.00. The quantitative estimate of drug-likeness (QED) is 0.880. The van der Waals surface area contributed by atoms with Crippen LogP contribution in [0, 0.1) is 18.8 Å². The first-order valence-electron chi connectivity index (χ1n) is 5.83. The van der Waals surface area contributed by atoms with Gasteiger partial charge < -0.3 is 4.74 Å². The third-order valence-electron chi connectivity index (χ3n) is 2.74. The van der Waals surface area contributed by atoms with Crippen molar-refractivity contribution in [3.63, 3.8) is 0 Å². The maximum absolute atomic E-state index is 13.4. The van der Waals surface area contributed by atoms with Crippen molar-refractivity contribution in [2.24, 2.45) is 0 Å². The van der Waals surface area contributed by atoms with Gasteiger partial charge in [-0.15, -0.1) is 0 Å². The van der Waals surface area contributed by atoms with Crippen molar-refractivity contribution in [1.82, 2.24) is 4.98 Å². The highest BCUT2D eigenvalue weighted by Gasteiger charge is 2.18. The van der Waals surface area contributed by atoms with E-state index in [4.69, 9.17) is 4.74 Å². The van der Waals surface area contributed by atoms with Crippen molar-refractivity contribution < 1.29 is 21.9 Å². The summed E-state index contributed by atoms with van der Waals surface area (Å²) < 4.78 is 57.5. The maximum atomic E-state index is 13.4. The van der Waals surface area contributed by atoms with Crippen LogP contribution in [0.4, 0.5) is 14.5 Å². The number of aryl methyl sites for hydroxylation is 1. The lowest BCUT2D eigenvalue weighted by molar-refractivity contribution is 0.411. The Labute approximate surface area is 120 Å². The molecule has 1 N–H and O–H groups in total. The molecule has 8 heteroatoms. The van der Waals surface area contributed by atoms with Gasteiger partial charge in [-0.05, 0) is 42.8 Å². The van der Waals surface area contributed by atoms with E-state index in [0.29, 0.717) is 11.3 Å². The number of hydrogen-bond donors (Lipinski definition) is 1. The van der Waals surface area contributed by atoms with E-state index in [0.717, 1.165) is 12.1 Å². The number of nitrogens with one attached hydrogen (secondary N) is 1. The Hall–Kier alpha value is -2.22. The molecule has 2 aromatic rings. The first-order chi connectivity index (χ1) is 9.83. The van der Waals surface area contributed by atoms with Crippen LogP contribution in [0.1, 0.15) is 5.56 Å². The fourth-order valence-corrected chi connectivity index (χ4v) is 2.85. The van der Waals surface area contributed by atoms with Crippen molar-refractivity contribution in [2.45, 2.75) is 11.8 Å². The number of sulfonamides is 1. The molecule has 0 spiro atoms. The van der Waals surface area contributed by atoms with Crippen molar-refractivity contribution >= 4 is 15.7 Å². The first-order valence-corrected chi connectivity index (χ1v) is 7.31. The highest BCUT2D eigenvalue weighted by molar-refractivity contribution is 7.92. The topological polar surface area (TPSA) is 68.3 Å². The summed E-state index contributed by atoms with van der Waals surface area (Å²) in [5.41, 5.74) is 0.183. The Morgan fingerprint density at radius 3 is 2.48 bits per heavy atom. The van der Waals surface area contributed by atoms with Gasteiger partial charge in [0.25, 0.3) is 10.0 Å². The lowest BCUT2D eigenvalue weighted by Gasteiger charge is -2.10. The smallest absolute Gasteiger partial charge is 0.262 e. The van der Waals surface area contributed by atoms with Crippen LogP contribution in [0.3, 0.4) is 0 Å². The number of methoxy groups -OCH3 is 1. The van der Waals surface area contributed by atoms with Crippen LogP contribution < -0.4 is 9.46 Å². The number of nitrogens with zero attached hydrogens (tertiary/aromatic N) is 1. The minimum absolute atomic E-state index is 0.0653. The molecule has 0 bridgehead atoms. The van der Waals surface area contributed by atoms with E-state index in [1.165, 1.54) is 25.3 Å². The summed E-state index contributed by atoms with van der Waals surface area (Å²) in [7, 11) is -2.54. The standard InChI is InChI=1S/C13H12F2N2O3S/c1-8-7-9(3-5-11(8)20-2)21(18,19)17-10-4-6-12(14)16-13(10)15/h3-7,17H,1-2H3. The SMILES string of the molecule is COc1ccc(S(=O)(=O)Nc2ccc(F)nc2F)cc1C. The van der Waals surface area contributed by atoms with Gasteiger partial charge in [-0.2, -0.15) is 13.8 Å². The molecule has 0 aliphatic rings. The van der Waals surface area contributed by atoms with Gasteiger partial charge in [0.05, 0.1) is 12.0 Å². The minimum Gasteiger partial charge on any atom is -0.496 e. The number of benzene rings is 1. The van der Waals surface area contributed by atoms with E-state index in [1.807, 2.05) is 4.72 Å². The zero-order chi connectivity index (χ0) is 15.6. The largest absolute Gasteiger partial charge is 0.496 e. The number of hydrogen-bond acceptors (Lipinski definition) is 4. The molecule has 1 aromatic carbocycles. The van der Waals surface area contributed by atoms with Gasteiger partial charge in [-0.1, -0.05) is 0 Å². The summed E-state index contributed by atoms with van der Waals surface area (Å²) in [6.45, 7) is 1.68. The van der Waals surface area contributed by atoms with Gasteiger partial charge in [0.2, 0.25) is 11.9 Å². The van der Waals surface area contributed by atoms with Gasteiger partial charge in [0.15, 0.2) is 0 Å². The fourth-order valence-electron chi connectivity index (χ4n) is 1.71. The number of anilines is 1. The lowest BCUT2D eigenvalue weighted by atomic mass is 10.2. The molecule has 0 radical (unpaired) electrons. The van der Waals surface area contributed by atoms with E-state index < -0.39 is 27.6 Å². The Bertz CT molecular complexity index is 779. The van der Waals surface area contributed by atoms with Crippen LogP contribution in [-0.2, 0) is 10.0 Å². The molecule has 0 saturated heterocycles. The zero-order valence-electron chi connectivity index (χ0n) is 11.2. The molecule has 0 amide bonds. The average Bonchev–Trinajstić information content (AvgIpc) is 2.42. The fraction of sp³-hybridized carbons (Fsp3) is 0.154. The van der Waals surface area contributed by atoms with Crippen molar-refractivity contribution in [2.75, 3.05) is 11.8 Å². The predicted octanol–water partition coefficient (Wildman–Crippen LogP) is 2.48. The molecule has 0 atom stereocenters. The third kappa shape index (κ3) is 3.27. The highest BCUT2D eigenvalue weighted by Crippen LogP contribution is 2.23. The summed E-state index contributed by atoms with van der Waals surface area (Å²) in [6, 6.07) is 6.02. The van der Waals surface area contributed by atoms with E-state index in [2.05, 4.69) is 4.98 Å². The Kier molecular flexibility index (Phi) is 4.08. The van der Waals surface area contributed by atoms with E-state index in [-0.39, 0.29) is 4.90 Å². The van der Waals surface area contributed by atoms with Crippen LogP contribution in [0.15, 0.2) is 35.2 Å². The zero-order valence-corrected chi connectivity index (χ0v) is 12.0. The summed E-state index contributed by atoms with van der Waals surface area (Å²) in [4.78, 5) is 2.85. The molecule has 1 aromatic heterocycles. The van der Waals surface area contributed by atoms with Gasteiger partial charge in [0.1, 0.15) is 11.4 Å². The molecule has 112 valence electrons. The molecule has 1 heterocycles. The lowest BCUT2D eigenvalue weighted by Crippen LogP contribution is -2.15. The number of halogens is 2. The number of rotatable bonds is 4. The first kappa shape index (κ1) is 15.2. The van der Waals surface area contributed by atoms with Crippen molar-refractivity contribution in [3.8, 4) is 5.75 Å². The molecular weight excluding hydrogens is 302 g/mol. The third-order valence-corrected chi connectivity index (χ3v) is 4.10. The van der Waals surface area contributed by atoms with Gasteiger partial charge in [-0.3, -0.25) is 4.72 Å². The maximum Gasteiger partial charge on any atom is 0.262 e. The van der Waals surface area contributed by atoms with E-state index >= 15 is 0 Å². The summed E-state index contributed by atoms with van der Waals surface area (Å²) in [5, 5.41) is 0. The molecule has 0 aliphatic heterocycles. The summed E-state index contributed by atoms with van der Waals surface area (Å²) in [5.74, 6) is -1.73. The number of pyridine rings is 1. The van der Waals surface area contributed by atoms with Crippen molar-refractivity contribution in [1.29, 1.82) is 0 Å². The second-order valence-electron chi connectivity index (χ2n) is 4.21. The van der Waals surface area contributed by atoms with Crippen LogP contribution in [0.25, 0.3) is 0 Å². The molecule has 0 fully saturated rings. The molecule has 0 saturated carbocycles. The Balaban J connectivity index is 2.36. The Morgan fingerprint density at radius 1 is 1.19 bits per heavy atom. The van der Waals surface area contributed by atoms with Crippen LogP contribution in [-0.4, -0.2) is 20.5 Å². The second kappa shape index (κ2) is 5.65. The number of aromatic nitrogens is 1. The van der Waals surface area contributed by atoms with E-state index in [9.17, 15) is 17.2 Å². The molecule has 0 aliphatic carbocycles. The van der Waals surface area contributed by atoms with Gasteiger partial charge in [-0.25, -0.2) is 8.42 Å². The van der Waals surface area contributed by atoms with Crippen LogP contribution >= 0.6 is 0 Å². The Morgan fingerprint density at radius 2 is 1.90 bits per heavy atom. The number of ether oxygens (including phenoxy) is 1. The van der Waals surface area contributed by atoms with Crippen LogP contribution in [0.2, 0.25) is 0 Å². The van der Waals surface area contributed by atoms with E-state index in [1.54, 1.807) is 6.92 Å². The molecule has 0 unspecified atom stereocenters. The van der Waals surface area contributed by atoms with Gasteiger partial charge >= 0.3 is 0 Å². The molecule has 21 heavy (non-hydrogen) atoms. The van der Waals surface area contributed by atoms with Gasteiger partial charge in [0, 0.05) is 0 Å². The second-order valence-corrected chi connectivity index (χ2v) is 5.89. The highest BCUT2D eigenvalue weighted by atomic mass is 32.2. The monoisotopic (exact) mass is 314 g/mol. The molecule has 5 nitrogen and oxygen atoms in total. The predicted molar refractivity (Wildman–Crippen MR) is 72.7 cm³/mol. The summed E-state index contributed by atoms with van der Waals surface area (Å²) >= 11 is 0.